The third-order valence-corrected chi connectivity index (χ3v) is 5.21. The van der Waals surface area contributed by atoms with Crippen molar-refractivity contribution in [1.29, 1.82) is 0 Å². The molecule has 9 heteroatoms. The molecule has 4 heterocycles. The normalized spacial score (nSPS) is 16.9. The van der Waals surface area contributed by atoms with Gasteiger partial charge in [0.15, 0.2) is 5.65 Å². The molecule has 9 nitrogen and oxygen atoms in total. The highest BCUT2D eigenvalue weighted by molar-refractivity contribution is 5.84. The van der Waals surface area contributed by atoms with Crippen molar-refractivity contribution in [2.24, 2.45) is 7.05 Å². The van der Waals surface area contributed by atoms with Gasteiger partial charge in [-0.05, 0) is 37.1 Å². The number of hydrogen-bond donors (Lipinski definition) is 1. The van der Waals surface area contributed by atoms with Crippen LogP contribution in [0.5, 0.6) is 0 Å². The summed E-state index contributed by atoms with van der Waals surface area (Å²) in [5.41, 5.74) is 3.94. The lowest BCUT2D eigenvalue weighted by molar-refractivity contribution is 0.186. The molecule has 1 aliphatic rings. The molecule has 5 rings (SSSR count). The molecule has 0 unspecified atom stereocenters. The van der Waals surface area contributed by atoms with E-state index in [-0.39, 0.29) is 11.7 Å². The third-order valence-electron chi connectivity index (χ3n) is 5.21. The van der Waals surface area contributed by atoms with Crippen molar-refractivity contribution in [3.05, 3.63) is 46.6 Å². The van der Waals surface area contributed by atoms with Crippen LogP contribution in [-0.2, 0) is 11.8 Å². The molecule has 1 N–H and O–H groups in total. The summed E-state index contributed by atoms with van der Waals surface area (Å²) in [6, 6.07) is 5.87. The largest absolute Gasteiger partial charge is 0.379 e. The molecule has 1 aliphatic heterocycles. The van der Waals surface area contributed by atoms with Gasteiger partial charge in [-0.3, -0.25) is 9.13 Å². The zero-order valence-corrected chi connectivity index (χ0v) is 15.6. The average Bonchev–Trinajstić information content (AvgIpc) is 3.30. The van der Waals surface area contributed by atoms with Crippen molar-refractivity contribution < 1.29 is 4.74 Å². The summed E-state index contributed by atoms with van der Waals surface area (Å²) in [6.45, 7) is 3.17. The summed E-state index contributed by atoms with van der Waals surface area (Å²) < 4.78 is 8.77. The van der Waals surface area contributed by atoms with Crippen molar-refractivity contribution in [3.63, 3.8) is 0 Å². The first kappa shape index (κ1) is 16.8. The van der Waals surface area contributed by atoms with E-state index in [9.17, 15) is 4.79 Å². The lowest BCUT2D eigenvalue weighted by Crippen LogP contribution is -2.26. The van der Waals surface area contributed by atoms with Gasteiger partial charge >= 0.3 is 5.69 Å². The molecule has 1 atom stereocenters. The zero-order chi connectivity index (χ0) is 19.3. The molecule has 1 saturated heterocycles. The monoisotopic (exact) mass is 377 g/mol. The number of anilines is 2. The number of benzene rings is 1. The molecule has 1 aromatic carbocycles. The Bertz CT molecular complexity index is 1250. The van der Waals surface area contributed by atoms with Crippen LogP contribution in [0.3, 0.4) is 0 Å². The Morgan fingerprint density at radius 2 is 2.21 bits per heavy atom. The van der Waals surface area contributed by atoms with Gasteiger partial charge in [0.25, 0.3) is 0 Å². The van der Waals surface area contributed by atoms with E-state index in [0.717, 1.165) is 28.6 Å². The first-order valence-corrected chi connectivity index (χ1v) is 9.12. The number of ether oxygens (including phenoxy) is 1. The standard InChI is InChI=1S/C19H19N7O2/c1-11-7-15-12(3-5-21-24-15)8-14(11)22-18-20-9-16-17(23-18)26(19(27)25(16)2)13-4-6-28-10-13/h3,5,7-9,13H,4,6,10H2,1-2H3,(H,20,22,23)/t13-/m0/s1. The van der Waals surface area contributed by atoms with Crippen LogP contribution in [0.15, 0.2) is 35.4 Å². The van der Waals surface area contributed by atoms with Gasteiger partial charge in [-0.2, -0.15) is 15.2 Å². The summed E-state index contributed by atoms with van der Waals surface area (Å²) in [5, 5.41) is 12.3. The van der Waals surface area contributed by atoms with Crippen LogP contribution in [0, 0.1) is 6.92 Å². The highest BCUT2D eigenvalue weighted by Crippen LogP contribution is 2.26. The minimum Gasteiger partial charge on any atom is -0.379 e. The summed E-state index contributed by atoms with van der Waals surface area (Å²) in [5.74, 6) is 0.440. The number of fused-ring (bicyclic) bond motifs is 2. The highest BCUT2D eigenvalue weighted by Gasteiger charge is 2.24. The smallest absolute Gasteiger partial charge is 0.330 e. The molecular weight excluding hydrogens is 358 g/mol. The highest BCUT2D eigenvalue weighted by atomic mass is 16.5. The molecule has 3 aromatic heterocycles. The Morgan fingerprint density at radius 1 is 1.32 bits per heavy atom. The van der Waals surface area contributed by atoms with Crippen molar-refractivity contribution in [1.82, 2.24) is 29.3 Å². The fourth-order valence-corrected chi connectivity index (χ4v) is 3.64. The van der Waals surface area contributed by atoms with E-state index >= 15 is 0 Å². The summed E-state index contributed by atoms with van der Waals surface area (Å²) >= 11 is 0. The Labute approximate surface area is 160 Å². The summed E-state index contributed by atoms with van der Waals surface area (Å²) in [7, 11) is 1.74. The fourth-order valence-electron chi connectivity index (χ4n) is 3.64. The topological polar surface area (TPSA) is 99.8 Å². The molecule has 0 radical (unpaired) electrons. The van der Waals surface area contributed by atoms with Crippen LogP contribution in [0.4, 0.5) is 11.6 Å². The van der Waals surface area contributed by atoms with Gasteiger partial charge in [-0.25, -0.2) is 9.78 Å². The van der Waals surface area contributed by atoms with Crippen molar-refractivity contribution in [2.45, 2.75) is 19.4 Å². The lowest BCUT2D eigenvalue weighted by atomic mass is 10.1. The van der Waals surface area contributed by atoms with Gasteiger partial charge in [0.05, 0.1) is 30.6 Å². The average molecular weight is 377 g/mol. The van der Waals surface area contributed by atoms with Crippen molar-refractivity contribution in [3.8, 4) is 0 Å². The SMILES string of the molecule is Cc1cc2nnccc2cc1Nc1ncc2c(n1)n([C@H]1CCOC1)c(=O)n2C. The van der Waals surface area contributed by atoms with Crippen molar-refractivity contribution >= 4 is 33.7 Å². The number of imidazole rings is 1. The first-order chi connectivity index (χ1) is 13.6. The number of nitrogens with zero attached hydrogens (tertiary/aromatic N) is 6. The van der Waals surface area contributed by atoms with Gasteiger partial charge in [0.2, 0.25) is 5.95 Å². The first-order valence-electron chi connectivity index (χ1n) is 9.12. The van der Waals surface area contributed by atoms with Crippen LogP contribution in [0.2, 0.25) is 0 Å². The molecule has 0 saturated carbocycles. The van der Waals surface area contributed by atoms with Gasteiger partial charge in [-0.15, -0.1) is 0 Å². The molecular formula is C19H19N7O2. The number of aryl methyl sites for hydroxylation is 2. The predicted octanol–water partition coefficient (Wildman–Crippen LogP) is 2.09. The minimum atomic E-state index is -0.0996. The number of nitrogens with one attached hydrogen (secondary N) is 1. The maximum atomic E-state index is 12.7. The van der Waals surface area contributed by atoms with E-state index in [2.05, 4.69) is 25.5 Å². The van der Waals surface area contributed by atoms with E-state index in [1.54, 1.807) is 28.6 Å². The maximum absolute atomic E-state index is 12.7. The predicted molar refractivity (Wildman–Crippen MR) is 105 cm³/mol. The van der Waals surface area contributed by atoms with Crippen LogP contribution in [0.1, 0.15) is 18.0 Å². The Hall–Kier alpha value is -3.33. The Balaban J connectivity index is 1.59. The second-order valence-electron chi connectivity index (χ2n) is 7.01. The second kappa shape index (κ2) is 6.38. The van der Waals surface area contributed by atoms with Crippen LogP contribution in [-0.4, -0.2) is 42.5 Å². The van der Waals surface area contributed by atoms with Gasteiger partial charge in [0, 0.05) is 24.7 Å². The Morgan fingerprint density at radius 3 is 3.04 bits per heavy atom. The van der Waals surface area contributed by atoms with E-state index in [1.165, 1.54) is 0 Å². The number of hydrogen-bond acceptors (Lipinski definition) is 7. The second-order valence-corrected chi connectivity index (χ2v) is 7.01. The van der Waals surface area contributed by atoms with E-state index in [0.29, 0.717) is 30.3 Å². The van der Waals surface area contributed by atoms with Gasteiger partial charge < -0.3 is 10.1 Å². The van der Waals surface area contributed by atoms with E-state index < -0.39 is 0 Å². The Kier molecular flexibility index (Phi) is 3.83. The maximum Gasteiger partial charge on any atom is 0.330 e. The van der Waals surface area contributed by atoms with E-state index in [4.69, 9.17) is 4.74 Å². The zero-order valence-electron chi connectivity index (χ0n) is 15.6. The minimum absolute atomic E-state index is 0.0000654. The molecule has 0 spiro atoms. The summed E-state index contributed by atoms with van der Waals surface area (Å²) in [6.07, 6.45) is 4.15. The fraction of sp³-hybridized carbons (Fsp3) is 0.316. The van der Waals surface area contributed by atoms with Crippen molar-refractivity contribution in [2.75, 3.05) is 18.5 Å². The van der Waals surface area contributed by atoms with Crippen LogP contribution < -0.4 is 11.0 Å². The number of rotatable bonds is 3. The molecule has 28 heavy (non-hydrogen) atoms. The third kappa shape index (κ3) is 2.63. The molecule has 1 fully saturated rings. The van der Waals surface area contributed by atoms with E-state index in [1.807, 2.05) is 25.1 Å². The molecule has 142 valence electrons. The molecule has 4 aromatic rings. The van der Waals surface area contributed by atoms with Crippen LogP contribution in [0.25, 0.3) is 22.1 Å². The summed E-state index contributed by atoms with van der Waals surface area (Å²) in [4.78, 5) is 21.8. The lowest BCUT2D eigenvalue weighted by Gasteiger charge is -2.11. The van der Waals surface area contributed by atoms with Gasteiger partial charge in [0.1, 0.15) is 5.52 Å². The molecule has 0 bridgehead atoms. The molecule has 0 amide bonds. The van der Waals surface area contributed by atoms with Gasteiger partial charge in [-0.1, -0.05) is 0 Å². The number of aromatic nitrogens is 6. The van der Waals surface area contributed by atoms with Crippen LogP contribution >= 0.6 is 0 Å². The molecule has 0 aliphatic carbocycles. The quantitative estimate of drug-likeness (QED) is 0.583.